The van der Waals surface area contributed by atoms with Crippen LogP contribution >= 0.6 is 0 Å². The van der Waals surface area contributed by atoms with Gasteiger partial charge in [-0.1, -0.05) is 6.42 Å². The normalized spacial score (nSPS) is 21.4. The van der Waals surface area contributed by atoms with Gasteiger partial charge in [-0.2, -0.15) is 0 Å². The second kappa shape index (κ2) is 5.80. The molecule has 1 N–H and O–H groups in total. The van der Waals surface area contributed by atoms with Crippen LogP contribution in [0.3, 0.4) is 0 Å². The Morgan fingerprint density at radius 2 is 2.11 bits per heavy atom. The predicted octanol–water partition coefficient (Wildman–Crippen LogP) is 0.916. The Balaban J connectivity index is 1.95. The van der Waals surface area contributed by atoms with Crippen LogP contribution < -0.4 is 5.32 Å². The molecule has 0 bridgehead atoms. The molecule has 0 atom stereocenters. The highest BCUT2D eigenvalue weighted by atomic mass is 16.2. The molecule has 1 saturated carbocycles. The first-order valence-corrected chi connectivity index (χ1v) is 7.30. The van der Waals surface area contributed by atoms with Gasteiger partial charge in [-0.15, -0.1) is 0 Å². The molecule has 0 aromatic heterocycles. The van der Waals surface area contributed by atoms with Gasteiger partial charge in [0.25, 0.3) is 0 Å². The smallest absolute Gasteiger partial charge is 0.243 e. The van der Waals surface area contributed by atoms with E-state index < -0.39 is 0 Å². The van der Waals surface area contributed by atoms with E-state index in [0.29, 0.717) is 5.41 Å². The number of likely N-dealkylation sites (tertiary alicyclic amines) is 1. The molecule has 5 heteroatoms. The summed E-state index contributed by atoms with van der Waals surface area (Å²) in [7, 11) is 3.54. The molecule has 0 aromatic rings. The summed E-state index contributed by atoms with van der Waals surface area (Å²) < 4.78 is 0. The van der Waals surface area contributed by atoms with E-state index in [1.165, 1.54) is 25.7 Å². The molecule has 2 fully saturated rings. The van der Waals surface area contributed by atoms with Crippen molar-refractivity contribution in [2.75, 3.05) is 40.3 Å². The number of carbonyl (C=O) groups excluding carboxylic acids is 1. The minimum atomic E-state index is 0.0490. The Morgan fingerprint density at radius 3 is 2.58 bits per heavy atom. The van der Waals surface area contributed by atoms with Crippen molar-refractivity contribution < 1.29 is 4.79 Å². The van der Waals surface area contributed by atoms with Crippen LogP contribution in [0.4, 0.5) is 0 Å². The number of carbonyl (C=O) groups is 1. The fraction of sp³-hybridized carbons (Fsp3) is 0.857. The molecular weight excluding hydrogens is 240 g/mol. The average Bonchev–Trinajstić information content (AvgIpc) is 2.78. The van der Waals surface area contributed by atoms with Gasteiger partial charge in [0.1, 0.15) is 6.54 Å². The third-order valence-electron chi connectivity index (χ3n) is 4.35. The van der Waals surface area contributed by atoms with Crippen LogP contribution in [0.5, 0.6) is 0 Å². The average molecular weight is 266 g/mol. The molecule has 1 saturated heterocycles. The first-order chi connectivity index (χ1) is 9.06. The topological polar surface area (TPSA) is 47.9 Å². The third-order valence-corrected chi connectivity index (χ3v) is 4.35. The molecule has 108 valence electrons. The van der Waals surface area contributed by atoms with E-state index in [4.69, 9.17) is 0 Å². The highest BCUT2D eigenvalue weighted by Crippen LogP contribution is 2.47. The van der Waals surface area contributed by atoms with Crippen LogP contribution in [-0.2, 0) is 4.79 Å². The van der Waals surface area contributed by atoms with Crippen molar-refractivity contribution in [3.63, 3.8) is 0 Å². The van der Waals surface area contributed by atoms with Gasteiger partial charge in [0.2, 0.25) is 5.91 Å². The van der Waals surface area contributed by atoms with Gasteiger partial charge in [0.05, 0.1) is 0 Å². The third kappa shape index (κ3) is 3.19. The van der Waals surface area contributed by atoms with E-state index in [1.54, 1.807) is 19.0 Å². The molecule has 1 amide bonds. The van der Waals surface area contributed by atoms with Crippen molar-refractivity contribution in [2.24, 2.45) is 10.4 Å². The summed E-state index contributed by atoms with van der Waals surface area (Å²) >= 11 is 0. The number of likely N-dealkylation sites (N-methyl/N-ethyl adjacent to an activating group) is 1. The Kier molecular flexibility index (Phi) is 4.32. The van der Waals surface area contributed by atoms with Gasteiger partial charge in [-0.25, -0.2) is 4.99 Å². The van der Waals surface area contributed by atoms with Gasteiger partial charge < -0.3 is 15.1 Å². The van der Waals surface area contributed by atoms with Crippen LogP contribution in [0.15, 0.2) is 4.99 Å². The number of aliphatic imine (C=N–C) groups is 1. The van der Waals surface area contributed by atoms with Gasteiger partial charge in [-0.05, 0) is 31.6 Å². The lowest BCUT2D eigenvalue weighted by Crippen LogP contribution is -2.43. The maximum Gasteiger partial charge on any atom is 0.243 e. The fourth-order valence-corrected chi connectivity index (χ4v) is 2.91. The Labute approximate surface area is 116 Å². The van der Waals surface area contributed by atoms with Crippen LogP contribution in [0.2, 0.25) is 0 Å². The summed E-state index contributed by atoms with van der Waals surface area (Å²) in [6, 6.07) is 0. The summed E-state index contributed by atoms with van der Waals surface area (Å²) in [6.45, 7) is 5.33. The van der Waals surface area contributed by atoms with E-state index >= 15 is 0 Å². The lowest BCUT2D eigenvalue weighted by molar-refractivity contribution is -0.127. The lowest BCUT2D eigenvalue weighted by atomic mass is 9.68. The van der Waals surface area contributed by atoms with E-state index in [-0.39, 0.29) is 12.5 Å². The molecular formula is C14H26N4O. The lowest BCUT2D eigenvalue weighted by Gasteiger charge is -2.38. The molecule has 0 aromatic carbocycles. The summed E-state index contributed by atoms with van der Waals surface area (Å²) in [5.74, 6) is 0.953. The first kappa shape index (κ1) is 14.2. The quantitative estimate of drug-likeness (QED) is 0.610. The molecule has 0 radical (unpaired) electrons. The van der Waals surface area contributed by atoms with Crippen LogP contribution in [0.25, 0.3) is 0 Å². The minimum absolute atomic E-state index is 0.0490. The van der Waals surface area contributed by atoms with Crippen LogP contribution in [0, 0.1) is 5.41 Å². The standard InChI is InChI=1S/C14H26N4O/c1-4-15-13(16-10-12(19)17(2)3)18-9-8-14(11-18)6-5-7-14/h4-11H2,1-3H3,(H,15,16). The second-order valence-corrected chi connectivity index (χ2v) is 5.98. The SMILES string of the molecule is CCNC(=NCC(=O)N(C)C)N1CCC2(CCC2)C1. The Hall–Kier alpha value is -1.26. The highest BCUT2D eigenvalue weighted by Gasteiger charge is 2.43. The molecule has 19 heavy (non-hydrogen) atoms. The van der Waals surface area contributed by atoms with Crippen molar-refractivity contribution in [3.8, 4) is 0 Å². The van der Waals surface area contributed by atoms with E-state index in [9.17, 15) is 4.79 Å². The zero-order chi connectivity index (χ0) is 13.9. The number of hydrogen-bond acceptors (Lipinski definition) is 2. The van der Waals surface area contributed by atoms with E-state index in [0.717, 1.165) is 25.6 Å². The molecule has 0 unspecified atom stereocenters. The summed E-state index contributed by atoms with van der Waals surface area (Å²) in [5.41, 5.74) is 0.557. The zero-order valence-electron chi connectivity index (χ0n) is 12.4. The van der Waals surface area contributed by atoms with Gasteiger partial charge in [0, 0.05) is 33.7 Å². The van der Waals surface area contributed by atoms with E-state index in [1.807, 2.05) is 0 Å². The largest absolute Gasteiger partial charge is 0.357 e. The maximum absolute atomic E-state index is 11.6. The summed E-state index contributed by atoms with van der Waals surface area (Å²) in [6.07, 6.45) is 5.37. The molecule has 1 spiro atoms. The Bertz CT molecular complexity index is 360. The maximum atomic E-state index is 11.6. The minimum Gasteiger partial charge on any atom is -0.357 e. The summed E-state index contributed by atoms with van der Waals surface area (Å²) in [4.78, 5) is 20.0. The molecule has 1 aliphatic heterocycles. The molecule has 5 nitrogen and oxygen atoms in total. The predicted molar refractivity (Wildman–Crippen MR) is 77.1 cm³/mol. The molecule has 2 aliphatic rings. The number of hydrogen-bond donors (Lipinski definition) is 1. The monoisotopic (exact) mass is 266 g/mol. The van der Waals surface area contributed by atoms with Crippen molar-refractivity contribution in [1.82, 2.24) is 15.1 Å². The number of rotatable bonds is 3. The summed E-state index contributed by atoms with van der Waals surface area (Å²) in [5, 5.41) is 3.31. The second-order valence-electron chi connectivity index (χ2n) is 5.98. The Morgan fingerprint density at radius 1 is 1.37 bits per heavy atom. The zero-order valence-corrected chi connectivity index (χ0v) is 12.4. The number of amides is 1. The van der Waals surface area contributed by atoms with E-state index in [2.05, 4.69) is 22.1 Å². The number of nitrogens with zero attached hydrogens (tertiary/aromatic N) is 3. The number of guanidine groups is 1. The molecule has 1 heterocycles. The molecule has 1 aliphatic carbocycles. The van der Waals surface area contributed by atoms with Gasteiger partial charge in [-0.3, -0.25) is 4.79 Å². The van der Waals surface area contributed by atoms with Crippen LogP contribution in [-0.4, -0.2) is 61.9 Å². The van der Waals surface area contributed by atoms with Crippen LogP contribution in [0.1, 0.15) is 32.6 Å². The molecule has 2 rings (SSSR count). The highest BCUT2D eigenvalue weighted by molar-refractivity contribution is 5.85. The van der Waals surface area contributed by atoms with Crippen molar-refractivity contribution in [2.45, 2.75) is 32.6 Å². The fourth-order valence-electron chi connectivity index (χ4n) is 2.91. The van der Waals surface area contributed by atoms with Gasteiger partial charge in [0.15, 0.2) is 5.96 Å². The van der Waals surface area contributed by atoms with Gasteiger partial charge >= 0.3 is 0 Å². The van der Waals surface area contributed by atoms with Crippen molar-refractivity contribution in [3.05, 3.63) is 0 Å². The number of nitrogens with one attached hydrogen (secondary N) is 1. The van der Waals surface area contributed by atoms with Crippen molar-refractivity contribution in [1.29, 1.82) is 0 Å². The first-order valence-electron chi connectivity index (χ1n) is 7.30. The van der Waals surface area contributed by atoms with Crippen molar-refractivity contribution >= 4 is 11.9 Å².